The summed E-state index contributed by atoms with van der Waals surface area (Å²) in [6.45, 7) is 7.05. The molecule has 1 aliphatic rings. The first-order chi connectivity index (χ1) is 13.7. The average Bonchev–Trinajstić information content (AvgIpc) is 2.74. The molecule has 4 nitrogen and oxygen atoms in total. The number of thioether (sulfide) groups is 1. The van der Waals surface area contributed by atoms with Crippen molar-refractivity contribution in [2.45, 2.75) is 25.3 Å². The second kappa shape index (κ2) is 10.6. The minimum absolute atomic E-state index is 0.0975. The molecule has 28 heavy (non-hydrogen) atoms. The van der Waals surface area contributed by atoms with Gasteiger partial charge in [-0.1, -0.05) is 42.5 Å². The smallest absolute Gasteiger partial charge is 0.254 e. The number of hydrogen-bond donors (Lipinski definition) is 0. The van der Waals surface area contributed by atoms with Crippen LogP contribution in [0.3, 0.4) is 0 Å². The topological polar surface area (TPSA) is 32.8 Å². The van der Waals surface area contributed by atoms with Crippen LogP contribution in [0.25, 0.3) is 0 Å². The standard InChI is InChI=1S/C23H30N2O2S/c1-19(16-24-12-14-27-15-13-24)25(17-20-6-4-3-5-7-20)23(26)22-10-8-21(9-11-22)18-28-2/h3-11,19H,12-18H2,1-2H3. The summed E-state index contributed by atoms with van der Waals surface area (Å²) in [5.41, 5.74) is 3.17. The van der Waals surface area contributed by atoms with Gasteiger partial charge in [-0.3, -0.25) is 9.69 Å². The molecule has 0 aromatic heterocycles. The zero-order valence-corrected chi connectivity index (χ0v) is 17.7. The number of rotatable bonds is 8. The van der Waals surface area contributed by atoms with E-state index in [-0.39, 0.29) is 11.9 Å². The van der Waals surface area contributed by atoms with Crippen LogP contribution < -0.4 is 0 Å². The van der Waals surface area contributed by atoms with Crippen molar-refractivity contribution in [2.24, 2.45) is 0 Å². The summed E-state index contributed by atoms with van der Waals surface area (Å²) in [5.74, 6) is 1.07. The first kappa shape index (κ1) is 20.9. The third-order valence-corrected chi connectivity index (χ3v) is 5.75. The maximum Gasteiger partial charge on any atom is 0.254 e. The second-order valence-electron chi connectivity index (χ2n) is 7.31. The quantitative estimate of drug-likeness (QED) is 0.675. The van der Waals surface area contributed by atoms with E-state index in [4.69, 9.17) is 4.74 Å². The number of amides is 1. The molecular formula is C23H30N2O2S. The Morgan fingerprint density at radius 2 is 1.75 bits per heavy atom. The van der Waals surface area contributed by atoms with Crippen LogP contribution in [0.15, 0.2) is 54.6 Å². The lowest BCUT2D eigenvalue weighted by Gasteiger charge is -2.35. The highest BCUT2D eigenvalue weighted by Crippen LogP contribution is 2.17. The fraction of sp³-hybridized carbons (Fsp3) is 0.435. The Kier molecular flexibility index (Phi) is 7.95. The van der Waals surface area contributed by atoms with Gasteiger partial charge in [-0.2, -0.15) is 11.8 Å². The molecule has 0 N–H and O–H groups in total. The van der Waals surface area contributed by atoms with E-state index in [1.54, 1.807) is 11.8 Å². The predicted octanol–water partition coefficient (Wildman–Crippen LogP) is 3.91. The van der Waals surface area contributed by atoms with E-state index in [1.165, 1.54) is 5.56 Å². The van der Waals surface area contributed by atoms with Gasteiger partial charge in [-0.05, 0) is 36.4 Å². The number of carbonyl (C=O) groups excluding carboxylic acids is 1. The first-order valence-corrected chi connectivity index (χ1v) is 11.3. The number of carbonyl (C=O) groups is 1. The summed E-state index contributed by atoms with van der Waals surface area (Å²) in [4.78, 5) is 17.8. The van der Waals surface area contributed by atoms with Crippen LogP contribution in [0.2, 0.25) is 0 Å². The van der Waals surface area contributed by atoms with E-state index in [1.807, 2.05) is 35.2 Å². The lowest BCUT2D eigenvalue weighted by Crippen LogP contribution is -2.48. The second-order valence-corrected chi connectivity index (χ2v) is 8.18. The van der Waals surface area contributed by atoms with Gasteiger partial charge in [0.15, 0.2) is 0 Å². The maximum atomic E-state index is 13.4. The highest BCUT2D eigenvalue weighted by molar-refractivity contribution is 7.97. The minimum atomic E-state index is 0.0975. The van der Waals surface area contributed by atoms with Gasteiger partial charge >= 0.3 is 0 Å². The molecule has 2 aromatic rings. The van der Waals surface area contributed by atoms with E-state index in [2.05, 4.69) is 42.3 Å². The molecule has 0 spiro atoms. The van der Waals surface area contributed by atoms with Crippen molar-refractivity contribution >= 4 is 17.7 Å². The van der Waals surface area contributed by atoms with E-state index >= 15 is 0 Å². The van der Waals surface area contributed by atoms with Crippen molar-refractivity contribution in [3.63, 3.8) is 0 Å². The first-order valence-electron chi connectivity index (χ1n) is 9.90. The Morgan fingerprint density at radius 3 is 2.39 bits per heavy atom. The molecule has 5 heteroatoms. The third-order valence-electron chi connectivity index (χ3n) is 5.13. The summed E-state index contributed by atoms with van der Waals surface area (Å²) in [5, 5.41) is 0. The van der Waals surface area contributed by atoms with Crippen molar-refractivity contribution < 1.29 is 9.53 Å². The summed E-state index contributed by atoms with van der Waals surface area (Å²) in [7, 11) is 0. The van der Waals surface area contributed by atoms with Gasteiger partial charge in [0.25, 0.3) is 5.91 Å². The molecule has 1 fully saturated rings. The Balaban J connectivity index is 1.76. The summed E-state index contributed by atoms with van der Waals surface area (Å²) >= 11 is 1.79. The zero-order valence-electron chi connectivity index (χ0n) is 16.8. The van der Waals surface area contributed by atoms with E-state index in [9.17, 15) is 4.79 Å². The predicted molar refractivity (Wildman–Crippen MR) is 117 cm³/mol. The Morgan fingerprint density at radius 1 is 1.07 bits per heavy atom. The van der Waals surface area contributed by atoms with Crippen LogP contribution in [-0.2, 0) is 17.0 Å². The molecule has 0 aliphatic carbocycles. The zero-order chi connectivity index (χ0) is 19.8. The van der Waals surface area contributed by atoms with E-state index in [0.717, 1.165) is 49.7 Å². The van der Waals surface area contributed by atoms with Crippen molar-refractivity contribution in [1.29, 1.82) is 0 Å². The molecule has 1 heterocycles. The van der Waals surface area contributed by atoms with Crippen LogP contribution in [0.5, 0.6) is 0 Å². The SMILES string of the molecule is CSCc1ccc(C(=O)N(Cc2ccccc2)C(C)CN2CCOCC2)cc1. The van der Waals surface area contributed by atoms with Gasteiger partial charge in [0.05, 0.1) is 13.2 Å². The van der Waals surface area contributed by atoms with Crippen LogP contribution in [0.1, 0.15) is 28.4 Å². The molecule has 1 unspecified atom stereocenters. The van der Waals surface area contributed by atoms with Gasteiger partial charge in [0.2, 0.25) is 0 Å². The monoisotopic (exact) mass is 398 g/mol. The van der Waals surface area contributed by atoms with E-state index < -0.39 is 0 Å². The summed E-state index contributed by atoms with van der Waals surface area (Å²) in [6.07, 6.45) is 2.09. The fourth-order valence-electron chi connectivity index (χ4n) is 3.54. The van der Waals surface area contributed by atoms with Crippen molar-refractivity contribution in [1.82, 2.24) is 9.80 Å². The third kappa shape index (κ3) is 5.84. The van der Waals surface area contributed by atoms with Gasteiger partial charge in [0, 0.05) is 43.5 Å². The van der Waals surface area contributed by atoms with Crippen LogP contribution in [0, 0.1) is 0 Å². The molecule has 3 rings (SSSR count). The highest BCUT2D eigenvalue weighted by Gasteiger charge is 2.24. The molecule has 2 aromatic carbocycles. The van der Waals surface area contributed by atoms with Gasteiger partial charge in [0.1, 0.15) is 0 Å². The van der Waals surface area contributed by atoms with E-state index in [0.29, 0.717) is 6.54 Å². The molecule has 0 radical (unpaired) electrons. The Labute approximate surface area is 172 Å². The lowest BCUT2D eigenvalue weighted by atomic mass is 10.1. The van der Waals surface area contributed by atoms with Crippen LogP contribution >= 0.6 is 11.8 Å². The number of morpholine rings is 1. The van der Waals surface area contributed by atoms with Crippen molar-refractivity contribution in [2.75, 3.05) is 39.1 Å². The van der Waals surface area contributed by atoms with Crippen molar-refractivity contribution in [3.05, 3.63) is 71.3 Å². The van der Waals surface area contributed by atoms with Gasteiger partial charge in [-0.25, -0.2) is 0 Å². The Bertz CT molecular complexity index is 730. The van der Waals surface area contributed by atoms with Gasteiger partial charge in [-0.15, -0.1) is 0 Å². The van der Waals surface area contributed by atoms with Crippen LogP contribution in [-0.4, -0.2) is 60.9 Å². The number of nitrogens with zero attached hydrogens (tertiary/aromatic N) is 2. The summed E-state index contributed by atoms with van der Waals surface area (Å²) < 4.78 is 5.46. The molecular weight excluding hydrogens is 368 g/mol. The maximum absolute atomic E-state index is 13.4. The molecule has 1 aliphatic heterocycles. The van der Waals surface area contributed by atoms with Crippen LogP contribution in [0.4, 0.5) is 0 Å². The lowest BCUT2D eigenvalue weighted by molar-refractivity contribution is 0.0228. The normalized spacial score (nSPS) is 15.9. The molecule has 1 saturated heterocycles. The molecule has 0 saturated carbocycles. The highest BCUT2D eigenvalue weighted by atomic mass is 32.2. The molecule has 1 atom stereocenters. The fourth-order valence-corrected chi connectivity index (χ4v) is 4.07. The number of ether oxygens (including phenoxy) is 1. The van der Waals surface area contributed by atoms with Gasteiger partial charge < -0.3 is 9.64 Å². The van der Waals surface area contributed by atoms with Crippen molar-refractivity contribution in [3.8, 4) is 0 Å². The molecule has 150 valence electrons. The number of hydrogen-bond acceptors (Lipinski definition) is 4. The molecule has 0 bridgehead atoms. The Hall–Kier alpha value is -1.82. The summed E-state index contributed by atoms with van der Waals surface area (Å²) in [6, 6.07) is 18.4. The average molecular weight is 399 g/mol. The number of benzene rings is 2. The largest absolute Gasteiger partial charge is 0.379 e. The minimum Gasteiger partial charge on any atom is -0.379 e. The molecule has 1 amide bonds.